The Bertz CT molecular complexity index is 4190. The molecule has 432 valence electrons. The number of aliphatic hydroxyl groups is 1. The number of aliphatic hydroxyl groups excluding tert-OH is 1. The van der Waals surface area contributed by atoms with Gasteiger partial charge in [0, 0.05) is 50.4 Å². The lowest BCUT2D eigenvalue weighted by molar-refractivity contribution is 0.0675. The standard InChI is InChI=1S/C12H13N3O2S.C11H8N4O2.C10H10BrN3O2S.C10H11N3O2S.C9H6N4O2S/c1-6-10(7-3-4-7)18-11(14-6)8-5-13-15(2)9(8)12(16)17;1-15-10(11(16)17)8(6-13-15)9-4-2-3-7(5-12)14-9;1-5-9(11)17-10(13-5)6-3-12-14(2)8(6)7(16)4-15;1-5-8(12-6(2)16-5)7-4-11-13(3)9(7)10(14)15;1-13-7(9(14)15)6(3-11-13)8-12-5(2-10)4-16-8/h5,7H,3-4H2,1-2H3,(H,16,17);2-4,6H,1H3,(H,16,17);3,15H,4H2,1-2H3;4H,1-3H3,(H,14,15);3-4H,1H3,(H,14,15). The SMILES string of the molecule is Cc1nc(-c2cnn(C)c2C(=O)CO)sc1Br.Cc1nc(-c2cnn(C)c2C(=O)O)c(C)s1.Cc1nc(-c2cnn(C)c2C(=O)O)sc1C1CC1.Cn1ncc(-c2cccc(C#N)n2)c1C(=O)O.Cn1ncc(-c2nc(C#N)cs2)c1C(=O)O. The molecule has 1 fully saturated rings. The molecule has 10 aromatic heterocycles. The first-order valence-electron chi connectivity index (χ1n) is 24.3. The summed E-state index contributed by atoms with van der Waals surface area (Å²) in [5.74, 6) is -3.82. The van der Waals surface area contributed by atoms with Crippen LogP contribution in [-0.2, 0) is 35.2 Å². The fourth-order valence-electron chi connectivity index (χ4n) is 8.05. The third-order valence-corrected chi connectivity index (χ3v) is 17.2. The summed E-state index contributed by atoms with van der Waals surface area (Å²) in [6.07, 6.45) is 10.0. The predicted octanol–water partition coefficient (Wildman–Crippen LogP) is 8.24. The molecule has 10 heterocycles. The van der Waals surface area contributed by atoms with Crippen molar-refractivity contribution in [3.05, 3.63) is 124 Å². The Kier molecular flexibility index (Phi) is 19.8. The minimum Gasteiger partial charge on any atom is -0.477 e. The molecule has 0 amide bonds. The minimum absolute atomic E-state index is 0.0487. The number of halogens is 1. The second kappa shape index (κ2) is 26.7. The zero-order valence-corrected chi connectivity index (χ0v) is 50.6. The number of rotatable bonds is 12. The normalized spacial score (nSPS) is 11.3. The summed E-state index contributed by atoms with van der Waals surface area (Å²) in [4.78, 5) is 79.6. The van der Waals surface area contributed by atoms with E-state index in [4.69, 9.17) is 30.9 Å². The number of hydrogen-bond donors (Lipinski definition) is 5. The molecule has 32 heteroatoms. The number of pyridine rings is 1. The van der Waals surface area contributed by atoms with Crippen molar-refractivity contribution in [3.8, 4) is 66.4 Å². The fraction of sp³-hybridized carbons (Fsp3) is 0.250. The van der Waals surface area contributed by atoms with Gasteiger partial charge in [-0.1, -0.05) is 6.07 Å². The zero-order valence-electron chi connectivity index (χ0n) is 45.8. The Labute approximate surface area is 500 Å². The van der Waals surface area contributed by atoms with Crippen LogP contribution in [0.3, 0.4) is 0 Å². The van der Waals surface area contributed by atoms with E-state index in [-0.39, 0.29) is 39.9 Å². The summed E-state index contributed by atoms with van der Waals surface area (Å²) in [5.41, 5.74) is 7.12. The van der Waals surface area contributed by atoms with E-state index in [1.54, 1.807) is 100 Å². The number of nitrogens with zero attached hydrogens (tertiary/aromatic N) is 17. The molecular formula is C52H48BrN17O10S4. The van der Waals surface area contributed by atoms with Crippen molar-refractivity contribution in [2.75, 3.05) is 6.61 Å². The third kappa shape index (κ3) is 13.9. The lowest BCUT2D eigenvalue weighted by atomic mass is 10.1. The molecule has 5 N–H and O–H groups in total. The van der Waals surface area contributed by atoms with Crippen molar-refractivity contribution in [3.63, 3.8) is 0 Å². The summed E-state index contributed by atoms with van der Waals surface area (Å²) < 4.78 is 7.65. The first-order valence-corrected chi connectivity index (χ1v) is 28.5. The Morgan fingerprint density at radius 1 is 0.571 bits per heavy atom. The minimum atomic E-state index is -1.08. The lowest BCUT2D eigenvalue weighted by Gasteiger charge is -2.00. The van der Waals surface area contributed by atoms with Crippen LogP contribution < -0.4 is 0 Å². The monoisotopic (exact) mass is 1280 g/mol. The topological polar surface area (TPSA) is 388 Å². The first kappa shape index (κ1) is 62.3. The van der Waals surface area contributed by atoms with Crippen LogP contribution in [-0.4, -0.2) is 136 Å². The van der Waals surface area contributed by atoms with Gasteiger partial charge in [0.25, 0.3) is 0 Å². The number of carbonyl (C=O) groups excluding carboxylic acids is 1. The van der Waals surface area contributed by atoms with E-state index in [2.05, 4.69) is 66.3 Å². The molecule has 1 aliphatic carbocycles. The number of carbonyl (C=O) groups is 5. The van der Waals surface area contributed by atoms with Gasteiger partial charge in [-0.3, -0.25) is 28.2 Å². The van der Waals surface area contributed by atoms with Gasteiger partial charge >= 0.3 is 23.9 Å². The molecule has 0 atom stereocenters. The quantitative estimate of drug-likeness (QED) is 0.0718. The van der Waals surface area contributed by atoms with Gasteiger partial charge in [0.1, 0.15) is 45.2 Å². The van der Waals surface area contributed by atoms with E-state index in [0.29, 0.717) is 55.8 Å². The number of ketones is 1. The lowest BCUT2D eigenvalue weighted by Crippen LogP contribution is -2.11. The average molecular weight is 1280 g/mol. The van der Waals surface area contributed by atoms with Gasteiger partial charge in [-0.2, -0.15) is 36.0 Å². The molecule has 10 aromatic rings. The molecule has 0 radical (unpaired) electrons. The molecule has 84 heavy (non-hydrogen) atoms. The highest BCUT2D eigenvalue weighted by molar-refractivity contribution is 9.11. The van der Waals surface area contributed by atoms with Gasteiger partial charge in [-0.25, -0.2) is 44.1 Å². The molecular weight excluding hydrogens is 1230 g/mol. The number of aromatic carboxylic acids is 4. The molecule has 0 bridgehead atoms. The van der Waals surface area contributed by atoms with Gasteiger partial charge in [-0.05, 0) is 74.5 Å². The van der Waals surface area contributed by atoms with Crippen molar-refractivity contribution < 1.29 is 49.5 Å². The van der Waals surface area contributed by atoms with Crippen LogP contribution >= 0.6 is 61.3 Å². The van der Waals surface area contributed by atoms with Crippen LogP contribution in [0.4, 0.5) is 0 Å². The molecule has 0 aliphatic heterocycles. The molecule has 0 aromatic carbocycles. The molecule has 0 spiro atoms. The van der Waals surface area contributed by atoms with Crippen molar-refractivity contribution in [1.29, 1.82) is 10.5 Å². The Balaban J connectivity index is 0.000000151. The van der Waals surface area contributed by atoms with E-state index < -0.39 is 30.5 Å². The van der Waals surface area contributed by atoms with E-state index >= 15 is 0 Å². The number of aryl methyl sites for hydroxylation is 9. The van der Waals surface area contributed by atoms with Gasteiger partial charge in [0.15, 0.2) is 28.5 Å². The van der Waals surface area contributed by atoms with E-state index in [1.165, 1.54) is 76.2 Å². The number of carboxylic acid groups (broad SMARTS) is 4. The largest absolute Gasteiger partial charge is 0.477 e. The second-order valence-corrected chi connectivity index (χ2v) is 23.5. The smallest absolute Gasteiger partial charge is 0.354 e. The number of nitriles is 2. The highest BCUT2D eigenvalue weighted by atomic mass is 79.9. The summed E-state index contributed by atoms with van der Waals surface area (Å²) in [7, 11) is 8.01. The number of aromatic nitrogens is 15. The summed E-state index contributed by atoms with van der Waals surface area (Å²) in [6.45, 7) is 7.17. The van der Waals surface area contributed by atoms with Gasteiger partial charge in [0.2, 0.25) is 5.78 Å². The highest BCUT2D eigenvalue weighted by Gasteiger charge is 2.30. The highest BCUT2D eigenvalue weighted by Crippen LogP contribution is 2.46. The summed E-state index contributed by atoms with van der Waals surface area (Å²) in [6, 6.07) is 8.66. The maximum Gasteiger partial charge on any atom is 0.354 e. The number of Topliss-reactive ketones (excluding diaryl/α,β-unsaturated/α-hetero) is 1. The van der Waals surface area contributed by atoms with E-state index in [1.807, 2.05) is 39.8 Å². The van der Waals surface area contributed by atoms with E-state index in [0.717, 1.165) is 35.1 Å². The summed E-state index contributed by atoms with van der Waals surface area (Å²) >= 11 is 9.21. The van der Waals surface area contributed by atoms with Crippen LogP contribution in [0.25, 0.3) is 54.2 Å². The maximum atomic E-state index is 11.6. The zero-order chi connectivity index (χ0) is 61.4. The molecule has 0 unspecified atom stereocenters. The van der Waals surface area contributed by atoms with Crippen molar-refractivity contribution >= 4 is 90.9 Å². The Hall–Kier alpha value is -9.31. The maximum absolute atomic E-state index is 11.6. The number of hydrogen-bond acceptors (Lipinski definition) is 22. The van der Waals surface area contributed by atoms with Crippen LogP contribution in [0, 0.1) is 50.4 Å². The number of thiazole rings is 4. The summed E-state index contributed by atoms with van der Waals surface area (Å²) in [5, 5.41) is 87.0. The predicted molar refractivity (Wildman–Crippen MR) is 311 cm³/mol. The Morgan fingerprint density at radius 2 is 1.02 bits per heavy atom. The van der Waals surface area contributed by atoms with Gasteiger partial charge < -0.3 is 25.5 Å². The van der Waals surface area contributed by atoms with Crippen molar-refractivity contribution in [2.24, 2.45) is 35.2 Å². The third-order valence-electron chi connectivity index (χ3n) is 12.0. The molecule has 27 nitrogen and oxygen atoms in total. The van der Waals surface area contributed by atoms with Gasteiger partial charge in [-0.15, -0.1) is 45.3 Å². The molecule has 11 rings (SSSR count). The molecule has 1 aliphatic rings. The molecule has 1 saturated carbocycles. The fourth-order valence-corrected chi connectivity index (χ4v) is 12.2. The first-order chi connectivity index (χ1) is 39.9. The van der Waals surface area contributed by atoms with Crippen LogP contribution in [0.1, 0.15) is 109 Å². The number of carboxylic acids is 4. The van der Waals surface area contributed by atoms with Crippen LogP contribution in [0.2, 0.25) is 0 Å². The average Bonchev–Trinajstić information content (AvgIpc) is 3.66. The van der Waals surface area contributed by atoms with E-state index in [9.17, 15) is 29.1 Å². The second-order valence-electron chi connectivity index (χ2n) is 17.9. The van der Waals surface area contributed by atoms with Crippen LogP contribution in [0.5, 0.6) is 0 Å². The van der Waals surface area contributed by atoms with Crippen molar-refractivity contribution in [2.45, 2.75) is 46.5 Å². The Morgan fingerprint density at radius 3 is 1.48 bits per heavy atom. The van der Waals surface area contributed by atoms with Crippen molar-refractivity contribution in [1.82, 2.24) is 73.8 Å². The molecule has 0 saturated heterocycles. The van der Waals surface area contributed by atoms with Gasteiger partial charge in [0.05, 0.1) is 90.4 Å². The van der Waals surface area contributed by atoms with Crippen LogP contribution in [0.15, 0.2) is 58.3 Å².